The van der Waals surface area contributed by atoms with E-state index in [2.05, 4.69) is 0 Å². The quantitative estimate of drug-likeness (QED) is 0.916. The topological polar surface area (TPSA) is 59.7 Å². The van der Waals surface area contributed by atoms with Gasteiger partial charge in [0.25, 0.3) is 0 Å². The molecular formula is C15H16O4. The van der Waals surface area contributed by atoms with Crippen molar-refractivity contribution in [3.05, 3.63) is 63.2 Å². The zero-order valence-electron chi connectivity index (χ0n) is 11.0. The lowest BCUT2D eigenvalue weighted by molar-refractivity contribution is 0.236. The average Bonchev–Trinajstić information content (AvgIpc) is 2.41. The first kappa shape index (κ1) is 13.4. The van der Waals surface area contributed by atoms with Gasteiger partial charge in [-0.25, -0.2) is 0 Å². The van der Waals surface area contributed by atoms with Crippen LogP contribution in [0.1, 0.15) is 22.5 Å². The van der Waals surface area contributed by atoms with Gasteiger partial charge in [0.1, 0.15) is 25.2 Å². The highest BCUT2D eigenvalue weighted by atomic mass is 16.5. The fourth-order valence-corrected chi connectivity index (χ4v) is 1.68. The molecule has 4 heteroatoms. The molecule has 0 aliphatic rings. The van der Waals surface area contributed by atoms with E-state index < -0.39 is 0 Å². The Labute approximate surface area is 111 Å². The van der Waals surface area contributed by atoms with Crippen molar-refractivity contribution in [2.24, 2.45) is 0 Å². The highest BCUT2D eigenvalue weighted by Gasteiger charge is 2.05. The van der Waals surface area contributed by atoms with Crippen LogP contribution >= 0.6 is 0 Å². The molecule has 0 saturated heterocycles. The summed E-state index contributed by atoms with van der Waals surface area (Å²) in [7, 11) is 0. The van der Waals surface area contributed by atoms with E-state index in [1.54, 1.807) is 0 Å². The normalized spacial score (nSPS) is 10.5. The van der Waals surface area contributed by atoms with Crippen LogP contribution in [0.25, 0.3) is 0 Å². The van der Waals surface area contributed by atoms with Crippen LogP contribution in [0.3, 0.4) is 0 Å². The SMILES string of the molecule is Cc1ccc(COc2coc(CO)cc2=O)cc1C. The Morgan fingerprint density at radius 2 is 2.00 bits per heavy atom. The number of aryl methyl sites for hydroxylation is 2. The van der Waals surface area contributed by atoms with Gasteiger partial charge in [0.05, 0.1) is 0 Å². The van der Waals surface area contributed by atoms with Crippen LogP contribution in [0.5, 0.6) is 5.75 Å². The number of benzene rings is 1. The van der Waals surface area contributed by atoms with Crippen molar-refractivity contribution >= 4 is 0 Å². The molecule has 1 N–H and O–H groups in total. The predicted octanol–water partition coefficient (Wildman–Crippen LogP) is 2.33. The van der Waals surface area contributed by atoms with Gasteiger partial charge < -0.3 is 14.3 Å². The summed E-state index contributed by atoms with van der Waals surface area (Å²) in [5.74, 6) is 0.374. The summed E-state index contributed by atoms with van der Waals surface area (Å²) in [5.41, 5.74) is 3.10. The fourth-order valence-electron chi connectivity index (χ4n) is 1.68. The number of ether oxygens (including phenoxy) is 1. The monoisotopic (exact) mass is 260 g/mol. The molecule has 19 heavy (non-hydrogen) atoms. The lowest BCUT2D eigenvalue weighted by atomic mass is 10.1. The first-order chi connectivity index (χ1) is 9.10. The van der Waals surface area contributed by atoms with E-state index in [-0.39, 0.29) is 23.5 Å². The van der Waals surface area contributed by atoms with Crippen LogP contribution in [0, 0.1) is 13.8 Å². The van der Waals surface area contributed by atoms with Gasteiger partial charge in [-0.15, -0.1) is 0 Å². The molecular weight excluding hydrogens is 244 g/mol. The third kappa shape index (κ3) is 3.23. The van der Waals surface area contributed by atoms with Gasteiger partial charge in [0.2, 0.25) is 11.2 Å². The van der Waals surface area contributed by atoms with Gasteiger partial charge in [-0.05, 0) is 30.5 Å². The highest BCUT2D eigenvalue weighted by molar-refractivity contribution is 5.30. The Kier molecular flexibility index (Phi) is 4.02. The summed E-state index contributed by atoms with van der Waals surface area (Å²) in [6.07, 6.45) is 1.23. The van der Waals surface area contributed by atoms with Crippen molar-refractivity contribution in [1.29, 1.82) is 0 Å². The van der Waals surface area contributed by atoms with Crippen LogP contribution in [0.4, 0.5) is 0 Å². The van der Waals surface area contributed by atoms with E-state index in [1.165, 1.54) is 23.5 Å². The Balaban J connectivity index is 2.10. The Bertz CT molecular complexity index is 628. The zero-order chi connectivity index (χ0) is 13.8. The second-order valence-electron chi connectivity index (χ2n) is 4.44. The number of rotatable bonds is 4. The van der Waals surface area contributed by atoms with Crippen molar-refractivity contribution in [2.45, 2.75) is 27.1 Å². The standard InChI is InChI=1S/C15H16O4/c1-10-3-4-12(5-11(10)2)8-19-15-9-18-13(7-16)6-14(15)17/h3-6,9,16H,7-8H2,1-2H3. The molecule has 4 nitrogen and oxygen atoms in total. The van der Waals surface area contributed by atoms with E-state index in [1.807, 2.05) is 32.0 Å². The van der Waals surface area contributed by atoms with Crippen molar-refractivity contribution in [1.82, 2.24) is 0 Å². The van der Waals surface area contributed by atoms with Crippen LogP contribution in [0.2, 0.25) is 0 Å². The van der Waals surface area contributed by atoms with E-state index in [0.717, 1.165) is 5.56 Å². The van der Waals surface area contributed by atoms with Crippen LogP contribution in [-0.4, -0.2) is 5.11 Å². The third-order valence-corrected chi connectivity index (χ3v) is 2.97. The third-order valence-electron chi connectivity index (χ3n) is 2.97. The van der Waals surface area contributed by atoms with E-state index >= 15 is 0 Å². The summed E-state index contributed by atoms with van der Waals surface area (Å²) in [5, 5.41) is 8.84. The van der Waals surface area contributed by atoms with Crippen molar-refractivity contribution < 1.29 is 14.3 Å². The molecule has 2 aromatic rings. The van der Waals surface area contributed by atoms with Gasteiger partial charge in [-0.1, -0.05) is 18.2 Å². The summed E-state index contributed by atoms with van der Waals surface area (Å²) in [6, 6.07) is 7.24. The van der Waals surface area contributed by atoms with Crippen molar-refractivity contribution in [2.75, 3.05) is 0 Å². The molecule has 0 fully saturated rings. The summed E-state index contributed by atoms with van der Waals surface area (Å²) < 4.78 is 10.5. The smallest absolute Gasteiger partial charge is 0.227 e. The van der Waals surface area contributed by atoms with Gasteiger partial charge in [-0.3, -0.25) is 4.79 Å². The Morgan fingerprint density at radius 3 is 2.63 bits per heavy atom. The maximum Gasteiger partial charge on any atom is 0.227 e. The molecule has 0 radical (unpaired) electrons. The predicted molar refractivity (Wildman–Crippen MR) is 71.1 cm³/mol. The van der Waals surface area contributed by atoms with Gasteiger partial charge >= 0.3 is 0 Å². The first-order valence-corrected chi connectivity index (χ1v) is 6.01. The zero-order valence-corrected chi connectivity index (χ0v) is 11.0. The van der Waals surface area contributed by atoms with Gasteiger partial charge in [0, 0.05) is 6.07 Å². The summed E-state index contributed by atoms with van der Waals surface area (Å²) in [6.45, 7) is 4.09. The molecule has 0 amide bonds. The maximum atomic E-state index is 11.6. The fraction of sp³-hybridized carbons (Fsp3) is 0.267. The minimum absolute atomic E-state index is 0.149. The van der Waals surface area contributed by atoms with Crippen molar-refractivity contribution in [3.63, 3.8) is 0 Å². The second kappa shape index (κ2) is 5.71. The minimum Gasteiger partial charge on any atom is -0.482 e. The lowest BCUT2D eigenvalue weighted by Crippen LogP contribution is -2.08. The van der Waals surface area contributed by atoms with Crippen LogP contribution in [0.15, 0.2) is 39.7 Å². The molecule has 100 valence electrons. The molecule has 0 unspecified atom stereocenters. The van der Waals surface area contributed by atoms with E-state index in [4.69, 9.17) is 14.3 Å². The molecule has 1 aromatic carbocycles. The maximum absolute atomic E-state index is 11.6. The molecule has 0 bridgehead atoms. The number of aliphatic hydroxyl groups is 1. The summed E-state index contributed by atoms with van der Waals surface area (Å²) >= 11 is 0. The van der Waals surface area contributed by atoms with Crippen LogP contribution in [-0.2, 0) is 13.2 Å². The first-order valence-electron chi connectivity index (χ1n) is 6.01. The van der Waals surface area contributed by atoms with E-state index in [9.17, 15) is 4.79 Å². The van der Waals surface area contributed by atoms with E-state index in [0.29, 0.717) is 6.61 Å². The average molecular weight is 260 g/mol. The number of aliphatic hydroxyl groups excluding tert-OH is 1. The lowest BCUT2D eigenvalue weighted by Gasteiger charge is -2.07. The van der Waals surface area contributed by atoms with Crippen LogP contribution < -0.4 is 10.2 Å². The van der Waals surface area contributed by atoms with Crippen molar-refractivity contribution in [3.8, 4) is 5.75 Å². The van der Waals surface area contributed by atoms with Gasteiger partial charge in [-0.2, -0.15) is 0 Å². The molecule has 0 spiro atoms. The summed E-state index contributed by atoms with van der Waals surface area (Å²) in [4.78, 5) is 11.6. The molecule has 1 aromatic heterocycles. The second-order valence-corrected chi connectivity index (χ2v) is 4.44. The highest BCUT2D eigenvalue weighted by Crippen LogP contribution is 2.13. The Morgan fingerprint density at radius 1 is 1.21 bits per heavy atom. The molecule has 2 rings (SSSR count). The Hall–Kier alpha value is -2.07. The molecule has 1 heterocycles. The molecule has 0 saturated carbocycles. The minimum atomic E-state index is -0.299. The number of hydrogen-bond donors (Lipinski definition) is 1. The van der Waals surface area contributed by atoms with Gasteiger partial charge in [0.15, 0.2) is 0 Å². The molecule has 0 atom stereocenters. The number of hydrogen-bond acceptors (Lipinski definition) is 4. The largest absolute Gasteiger partial charge is 0.482 e. The molecule has 0 aliphatic heterocycles. The molecule has 0 aliphatic carbocycles.